The summed E-state index contributed by atoms with van der Waals surface area (Å²) in [6, 6.07) is 5.69. The van der Waals surface area contributed by atoms with Crippen LogP contribution in [-0.2, 0) is 13.1 Å². The summed E-state index contributed by atoms with van der Waals surface area (Å²) in [5, 5.41) is 3.96. The number of nitrogens with zero attached hydrogens (tertiary/aromatic N) is 3. The first-order chi connectivity index (χ1) is 11.2. The molecule has 5 nitrogen and oxygen atoms in total. The molecule has 3 rings (SSSR count). The first kappa shape index (κ1) is 16.1. The molecule has 1 amide bonds. The van der Waals surface area contributed by atoms with Crippen LogP contribution in [0.15, 0.2) is 24.4 Å². The van der Waals surface area contributed by atoms with E-state index in [2.05, 4.69) is 20.2 Å². The summed E-state index contributed by atoms with van der Waals surface area (Å²) in [6.45, 7) is 5.49. The number of aryl methyl sites for hydroxylation is 1. The summed E-state index contributed by atoms with van der Waals surface area (Å²) in [5.74, 6) is -0.0597. The summed E-state index contributed by atoms with van der Waals surface area (Å²) in [7, 11) is 0. The highest BCUT2D eigenvalue weighted by atomic mass is 32.1. The van der Waals surface area contributed by atoms with Gasteiger partial charge in [0.05, 0.1) is 24.5 Å². The number of hydrogen-bond donors (Lipinski definition) is 1. The second-order valence-corrected chi connectivity index (χ2v) is 6.95. The lowest BCUT2D eigenvalue weighted by Gasteiger charge is -2.25. The van der Waals surface area contributed by atoms with Gasteiger partial charge in [0.25, 0.3) is 5.91 Å². The molecule has 122 valence electrons. The summed E-state index contributed by atoms with van der Waals surface area (Å²) < 4.78 is 0. The molecule has 0 radical (unpaired) electrons. The fraction of sp³-hybridized carbons (Fsp3) is 0.471. The monoisotopic (exact) mass is 330 g/mol. The van der Waals surface area contributed by atoms with E-state index in [0.717, 1.165) is 36.0 Å². The SMILES string of the molecule is Cc1nc(CN2CCCCC2)sc1C(=O)NCc1ccccn1. The third kappa shape index (κ3) is 4.36. The van der Waals surface area contributed by atoms with Crippen LogP contribution in [0.1, 0.15) is 45.3 Å². The molecule has 2 aromatic heterocycles. The summed E-state index contributed by atoms with van der Waals surface area (Å²) in [6.07, 6.45) is 5.59. The van der Waals surface area contributed by atoms with E-state index in [4.69, 9.17) is 0 Å². The van der Waals surface area contributed by atoms with Crippen LogP contribution in [0.3, 0.4) is 0 Å². The molecule has 0 atom stereocenters. The van der Waals surface area contributed by atoms with E-state index < -0.39 is 0 Å². The van der Waals surface area contributed by atoms with Crippen LogP contribution in [0.5, 0.6) is 0 Å². The number of carbonyl (C=O) groups is 1. The van der Waals surface area contributed by atoms with Crippen LogP contribution < -0.4 is 5.32 Å². The summed E-state index contributed by atoms with van der Waals surface area (Å²) in [5.41, 5.74) is 1.68. The molecule has 2 aromatic rings. The van der Waals surface area contributed by atoms with Crippen molar-refractivity contribution in [2.24, 2.45) is 0 Å². The lowest BCUT2D eigenvalue weighted by molar-refractivity contribution is 0.0953. The Hall–Kier alpha value is -1.79. The molecule has 1 aliphatic heterocycles. The molecule has 0 unspecified atom stereocenters. The highest BCUT2D eigenvalue weighted by molar-refractivity contribution is 7.13. The van der Waals surface area contributed by atoms with Crippen molar-refractivity contribution in [3.63, 3.8) is 0 Å². The average molecular weight is 330 g/mol. The Morgan fingerprint density at radius 1 is 1.30 bits per heavy atom. The van der Waals surface area contributed by atoms with Gasteiger partial charge < -0.3 is 5.32 Å². The number of hydrogen-bond acceptors (Lipinski definition) is 5. The van der Waals surface area contributed by atoms with Gasteiger partial charge in [-0.2, -0.15) is 0 Å². The quantitative estimate of drug-likeness (QED) is 0.916. The zero-order valence-electron chi connectivity index (χ0n) is 13.4. The van der Waals surface area contributed by atoms with Gasteiger partial charge >= 0.3 is 0 Å². The number of aromatic nitrogens is 2. The van der Waals surface area contributed by atoms with Crippen molar-refractivity contribution >= 4 is 17.2 Å². The Morgan fingerprint density at radius 2 is 2.13 bits per heavy atom. The topological polar surface area (TPSA) is 58.1 Å². The molecule has 0 spiro atoms. The van der Waals surface area contributed by atoms with Gasteiger partial charge in [-0.05, 0) is 45.0 Å². The van der Waals surface area contributed by atoms with E-state index in [1.54, 1.807) is 6.20 Å². The van der Waals surface area contributed by atoms with Crippen molar-refractivity contribution in [2.45, 2.75) is 39.3 Å². The van der Waals surface area contributed by atoms with Crippen LogP contribution in [-0.4, -0.2) is 33.9 Å². The predicted octanol–water partition coefficient (Wildman–Crippen LogP) is 2.76. The lowest BCUT2D eigenvalue weighted by atomic mass is 10.1. The van der Waals surface area contributed by atoms with Crippen LogP contribution in [0.4, 0.5) is 0 Å². The van der Waals surface area contributed by atoms with Gasteiger partial charge in [0, 0.05) is 6.20 Å². The van der Waals surface area contributed by atoms with E-state index in [9.17, 15) is 4.79 Å². The van der Waals surface area contributed by atoms with Crippen molar-refractivity contribution in [3.8, 4) is 0 Å². The number of likely N-dealkylation sites (tertiary alicyclic amines) is 1. The average Bonchev–Trinajstić information content (AvgIpc) is 2.95. The van der Waals surface area contributed by atoms with Crippen LogP contribution in [0.2, 0.25) is 0 Å². The van der Waals surface area contributed by atoms with Gasteiger partial charge in [0.2, 0.25) is 0 Å². The number of amides is 1. The standard InChI is InChI=1S/C17H22N4OS/c1-13-16(17(22)19-11-14-7-3-4-8-18-14)23-15(20-13)12-21-9-5-2-6-10-21/h3-4,7-8H,2,5-6,9-12H2,1H3,(H,19,22). The second-order valence-electron chi connectivity index (χ2n) is 5.86. The number of pyridine rings is 1. The van der Waals surface area contributed by atoms with Crippen molar-refractivity contribution < 1.29 is 4.79 Å². The normalized spacial score (nSPS) is 15.5. The molecule has 0 aliphatic carbocycles. The number of carbonyl (C=O) groups excluding carboxylic acids is 1. The van der Waals surface area contributed by atoms with Gasteiger partial charge in [0.15, 0.2) is 0 Å². The first-order valence-corrected chi connectivity index (χ1v) is 8.91. The zero-order valence-corrected chi connectivity index (χ0v) is 14.2. The molecule has 23 heavy (non-hydrogen) atoms. The van der Waals surface area contributed by atoms with Crippen LogP contribution in [0.25, 0.3) is 0 Å². The van der Waals surface area contributed by atoms with Crippen molar-refractivity contribution in [1.29, 1.82) is 0 Å². The third-order valence-corrected chi connectivity index (χ3v) is 5.15. The fourth-order valence-corrected chi connectivity index (χ4v) is 3.82. The van der Waals surface area contributed by atoms with Gasteiger partial charge in [-0.1, -0.05) is 12.5 Å². The molecule has 1 saturated heterocycles. The van der Waals surface area contributed by atoms with E-state index in [1.807, 2.05) is 25.1 Å². The number of piperidine rings is 1. The largest absolute Gasteiger partial charge is 0.346 e. The maximum atomic E-state index is 12.4. The van der Waals surface area contributed by atoms with Gasteiger partial charge in [-0.15, -0.1) is 11.3 Å². The van der Waals surface area contributed by atoms with Gasteiger partial charge in [-0.3, -0.25) is 14.7 Å². The minimum atomic E-state index is -0.0597. The molecule has 3 heterocycles. The predicted molar refractivity (Wildman–Crippen MR) is 91.4 cm³/mol. The molecule has 6 heteroatoms. The Balaban J connectivity index is 1.59. The zero-order chi connectivity index (χ0) is 16.1. The lowest BCUT2D eigenvalue weighted by Crippen LogP contribution is -2.29. The van der Waals surface area contributed by atoms with Crippen molar-refractivity contribution in [1.82, 2.24) is 20.2 Å². The highest BCUT2D eigenvalue weighted by Gasteiger charge is 2.18. The molecule has 1 fully saturated rings. The minimum Gasteiger partial charge on any atom is -0.346 e. The maximum Gasteiger partial charge on any atom is 0.263 e. The Kier molecular flexibility index (Phi) is 5.35. The number of thiazole rings is 1. The Labute approximate surface area is 140 Å². The van der Waals surface area contributed by atoms with Crippen LogP contribution >= 0.6 is 11.3 Å². The molecular formula is C17H22N4OS. The molecule has 0 aromatic carbocycles. The minimum absolute atomic E-state index is 0.0597. The molecule has 0 saturated carbocycles. The van der Waals surface area contributed by atoms with Crippen LogP contribution in [0, 0.1) is 6.92 Å². The number of rotatable bonds is 5. The molecule has 0 bridgehead atoms. The smallest absolute Gasteiger partial charge is 0.263 e. The first-order valence-electron chi connectivity index (χ1n) is 8.09. The van der Waals surface area contributed by atoms with Gasteiger partial charge in [0.1, 0.15) is 9.88 Å². The highest BCUT2D eigenvalue weighted by Crippen LogP contribution is 2.21. The summed E-state index contributed by atoms with van der Waals surface area (Å²) >= 11 is 1.51. The number of nitrogens with one attached hydrogen (secondary N) is 1. The Bertz CT molecular complexity index is 650. The van der Waals surface area contributed by atoms with Crippen molar-refractivity contribution in [2.75, 3.05) is 13.1 Å². The second kappa shape index (κ2) is 7.66. The summed E-state index contributed by atoms with van der Waals surface area (Å²) in [4.78, 5) is 24.3. The van der Waals surface area contributed by atoms with E-state index in [0.29, 0.717) is 11.4 Å². The maximum absolute atomic E-state index is 12.4. The van der Waals surface area contributed by atoms with Gasteiger partial charge in [-0.25, -0.2) is 4.98 Å². The fourth-order valence-electron chi connectivity index (χ4n) is 2.79. The van der Waals surface area contributed by atoms with E-state index in [-0.39, 0.29) is 5.91 Å². The molecule has 1 N–H and O–H groups in total. The third-order valence-electron chi connectivity index (χ3n) is 4.01. The van der Waals surface area contributed by atoms with Crippen molar-refractivity contribution in [3.05, 3.63) is 45.7 Å². The van der Waals surface area contributed by atoms with E-state index in [1.165, 1.54) is 30.6 Å². The molecule has 1 aliphatic rings. The van der Waals surface area contributed by atoms with E-state index >= 15 is 0 Å². The Morgan fingerprint density at radius 3 is 2.87 bits per heavy atom. The molecular weight excluding hydrogens is 308 g/mol.